The molecule has 6 aromatic rings. The Morgan fingerprint density at radius 1 is 0.728 bits per heavy atom. The Balaban J connectivity index is 1.14. The van der Waals surface area contributed by atoms with Gasteiger partial charge in [0.1, 0.15) is 31.1 Å². The molecule has 24 nitrogen and oxygen atoms in total. The van der Waals surface area contributed by atoms with Crippen LogP contribution in [0.5, 0.6) is 0 Å². The van der Waals surface area contributed by atoms with E-state index in [0.29, 0.717) is 27.9 Å². The highest BCUT2D eigenvalue weighted by molar-refractivity contribution is 7.51. The number of hydrogen-bond acceptors (Lipinski definition) is 19. The summed E-state index contributed by atoms with van der Waals surface area (Å²) in [5.41, 5.74) is 2.25. The number of nitrogens with zero attached hydrogens (tertiary/aromatic N) is 11. The fourth-order valence-corrected chi connectivity index (χ4v) is 13.9. The van der Waals surface area contributed by atoms with Crippen LogP contribution in [0, 0.1) is 34.5 Å². The van der Waals surface area contributed by atoms with Gasteiger partial charge >= 0.3 is 7.75 Å². The van der Waals surface area contributed by atoms with Crippen LogP contribution in [-0.2, 0) is 36.6 Å². The third kappa shape index (κ3) is 14.1. The molecule has 3 N–H and O–H groups in total. The van der Waals surface area contributed by atoms with Gasteiger partial charge in [0.2, 0.25) is 0 Å². The van der Waals surface area contributed by atoms with Crippen molar-refractivity contribution in [2.45, 2.75) is 142 Å². The number of aromatic nitrogens is 8. The zero-order chi connectivity index (χ0) is 58.2. The maximum atomic E-state index is 15.8. The van der Waals surface area contributed by atoms with Gasteiger partial charge < -0.3 is 33.6 Å². The minimum atomic E-state index is -4.50. The van der Waals surface area contributed by atoms with E-state index in [1.54, 1.807) is 64.0 Å². The number of hydrogen-bond donors (Lipinski definition) is 3. The minimum absolute atomic E-state index is 0.0249. The molecule has 2 aliphatic rings. The first-order valence-electron chi connectivity index (χ1n) is 27.0. The number of anilines is 2. The van der Waals surface area contributed by atoms with E-state index >= 15 is 4.57 Å². The molecule has 4 aromatic heterocycles. The number of fused-ring (bicyclic) bond motifs is 2. The van der Waals surface area contributed by atoms with Gasteiger partial charge in [-0.2, -0.15) is 10.5 Å². The van der Waals surface area contributed by atoms with Crippen molar-refractivity contribution in [3.8, 4) is 12.1 Å². The molecular formula is C54H72N14O10P2Si. The number of imidazole rings is 2. The third-order valence-electron chi connectivity index (χ3n) is 14.8. The molecule has 81 heavy (non-hydrogen) atoms. The van der Waals surface area contributed by atoms with Gasteiger partial charge in [0.25, 0.3) is 20.3 Å². The van der Waals surface area contributed by atoms with Crippen LogP contribution < -0.4 is 15.7 Å². The second-order valence-corrected chi connectivity index (χ2v) is 29.9. The van der Waals surface area contributed by atoms with E-state index in [1.807, 2.05) is 53.7 Å². The van der Waals surface area contributed by atoms with E-state index < -0.39 is 67.3 Å². The molecule has 8 rings (SSSR count). The minimum Gasteiger partial charge on any atom is -0.408 e. The predicted molar refractivity (Wildman–Crippen MR) is 305 cm³/mol. The van der Waals surface area contributed by atoms with Crippen molar-refractivity contribution in [2.75, 3.05) is 37.1 Å². The fourth-order valence-electron chi connectivity index (χ4n) is 9.36. The second kappa shape index (κ2) is 26.5. The van der Waals surface area contributed by atoms with Crippen molar-refractivity contribution in [3.05, 3.63) is 97.1 Å². The van der Waals surface area contributed by atoms with Crippen molar-refractivity contribution in [1.82, 2.24) is 48.8 Å². The number of nitriles is 2. The van der Waals surface area contributed by atoms with Crippen LogP contribution >= 0.6 is 16.3 Å². The van der Waals surface area contributed by atoms with Gasteiger partial charge in [-0.05, 0) is 76.0 Å². The van der Waals surface area contributed by atoms with Gasteiger partial charge in [-0.15, -0.1) is 0 Å². The lowest BCUT2D eigenvalue weighted by atomic mass is 9.93. The topological polar surface area (TPSA) is 290 Å². The molecule has 0 aliphatic carbocycles. The predicted octanol–water partition coefficient (Wildman–Crippen LogP) is 9.93. The number of amides is 2. The summed E-state index contributed by atoms with van der Waals surface area (Å²) in [5, 5.41) is 27.9. The number of nitrogens with one attached hydrogen (secondary N) is 3. The Kier molecular flexibility index (Phi) is 20.0. The summed E-state index contributed by atoms with van der Waals surface area (Å²) >= 11 is 0. The maximum Gasteiger partial charge on any atom is 0.406 e. The zero-order valence-corrected chi connectivity index (χ0v) is 50.3. The Bertz CT molecular complexity index is 3240. The van der Waals surface area contributed by atoms with E-state index in [-0.39, 0.29) is 91.3 Å². The lowest BCUT2D eigenvalue weighted by Crippen LogP contribution is -2.52. The molecule has 2 amide bonds. The highest BCUT2D eigenvalue weighted by Gasteiger charge is 2.54. The Labute approximate surface area is 474 Å². The Morgan fingerprint density at radius 2 is 1.25 bits per heavy atom. The van der Waals surface area contributed by atoms with Crippen molar-refractivity contribution in [1.29, 1.82) is 10.5 Å². The van der Waals surface area contributed by atoms with Gasteiger partial charge in [0, 0.05) is 29.1 Å². The van der Waals surface area contributed by atoms with Gasteiger partial charge in [0.05, 0.1) is 76.2 Å². The van der Waals surface area contributed by atoms with Crippen molar-refractivity contribution in [2.24, 2.45) is 11.8 Å². The van der Waals surface area contributed by atoms with E-state index in [9.17, 15) is 20.1 Å². The second-order valence-electron chi connectivity index (χ2n) is 22.0. The highest BCUT2D eigenvalue weighted by atomic mass is 31.2. The average Bonchev–Trinajstić information content (AvgIpc) is 3.78. The molecule has 0 radical (unpaired) electrons. The molecule has 27 heteroatoms. The molecular weight excluding hydrogens is 1090 g/mol. The molecule has 0 bridgehead atoms. The van der Waals surface area contributed by atoms with Crippen molar-refractivity contribution < 1.29 is 46.1 Å². The van der Waals surface area contributed by atoms with Gasteiger partial charge in [0.15, 0.2) is 48.5 Å². The van der Waals surface area contributed by atoms with Crippen molar-refractivity contribution >= 4 is 70.4 Å². The monoisotopic (exact) mass is 1170 g/mol. The standard InChI is InChI=1S/C54H72N14O10P2Si/c1-34(2)68(35(3)4)79(72-26-18-24-55)73-28-41-42(45(78-81(10,11)54(7,8)9)53(77-41)67-33-62-44-47(58-31-60-49(44)67)64-51(70)39-22-16-13-17-23-39)65-80(71,74-27-19-25-56)75-29-40-36(5)37(6)52(76-40)66-32-61-43-46(57-30-59-48(43)66)63-50(69)38-20-14-12-15-21-38/h12-17,20-23,30-37,40-42,45,52-53H,18-19,26-29H2,1-11H3,(H,65,71)(H,57,59,63,69)(H,58,60,64,70)/t36-,37+,40+,41+,42+,45+,52+,53+,79?,80?/m0/s1. The third-order valence-corrected chi connectivity index (χ3v) is 22.9. The van der Waals surface area contributed by atoms with Crippen LogP contribution in [0.25, 0.3) is 22.3 Å². The Hall–Kier alpha value is -6.02. The van der Waals surface area contributed by atoms with Crippen LogP contribution in [0.3, 0.4) is 0 Å². The molecule has 2 aliphatic heterocycles. The summed E-state index contributed by atoms with van der Waals surface area (Å²) < 4.78 is 68.3. The number of rotatable bonds is 25. The summed E-state index contributed by atoms with van der Waals surface area (Å²) in [6.07, 6.45) is 1.57. The van der Waals surface area contributed by atoms with Crippen LogP contribution in [0.1, 0.15) is 108 Å². The van der Waals surface area contributed by atoms with Crippen LogP contribution in [0.4, 0.5) is 11.6 Å². The molecule has 2 aromatic carbocycles. The highest BCUT2D eigenvalue weighted by Crippen LogP contribution is 2.52. The van der Waals surface area contributed by atoms with Crippen molar-refractivity contribution in [3.63, 3.8) is 0 Å². The molecule has 2 unspecified atom stereocenters. The van der Waals surface area contributed by atoms with Crippen LogP contribution in [0.2, 0.25) is 18.1 Å². The number of carbonyl (C=O) groups is 2. The molecule has 2 fully saturated rings. The first kappa shape index (κ1) is 61.1. The Morgan fingerprint density at radius 3 is 1.77 bits per heavy atom. The average molecular weight is 1170 g/mol. The largest absolute Gasteiger partial charge is 0.408 e. The molecule has 2 saturated heterocycles. The number of benzene rings is 2. The molecule has 0 spiro atoms. The first-order chi connectivity index (χ1) is 38.6. The van der Waals surface area contributed by atoms with E-state index in [4.69, 9.17) is 37.0 Å². The molecule has 432 valence electrons. The van der Waals surface area contributed by atoms with Gasteiger partial charge in [-0.1, -0.05) is 71.0 Å². The summed E-state index contributed by atoms with van der Waals surface area (Å²) in [6, 6.07) is 20.6. The summed E-state index contributed by atoms with van der Waals surface area (Å²) in [5.74, 6) is -0.689. The quantitative estimate of drug-likeness (QED) is 0.0273. The smallest absolute Gasteiger partial charge is 0.406 e. The zero-order valence-electron chi connectivity index (χ0n) is 47.5. The molecule has 6 heterocycles. The summed E-state index contributed by atoms with van der Waals surface area (Å²) in [4.78, 5) is 53.8. The van der Waals surface area contributed by atoms with Crippen LogP contribution in [-0.4, -0.2) is 127 Å². The first-order valence-corrected chi connectivity index (χ1v) is 32.5. The SMILES string of the molecule is CC(C)N(C(C)C)P(OCCC#N)OC[C@H]1O[C@@H](n2cnc3c(NC(=O)c4ccccc4)ncnc32)[C@H](O[Si](C)(C)C(C)(C)C)[C@@H]1NP(=O)(OCCC#N)OC[C@H]1O[C@@H](n2cnc3c(NC(=O)c4ccccc4)ncnc32)[C@H](C)[C@@H]1C. The van der Waals surface area contributed by atoms with E-state index in [0.717, 1.165) is 0 Å². The maximum absolute atomic E-state index is 15.8. The summed E-state index contributed by atoms with van der Waals surface area (Å²) in [6.45, 7) is 22.1. The van der Waals surface area contributed by atoms with E-state index in [1.165, 1.54) is 19.0 Å². The fraction of sp³-hybridized carbons (Fsp3) is 0.519. The summed E-state index contributed by atoms with van der Waals surface area (Å²) in [7, 11) is -9.10. The normalized spacial score (nSPS) is 22.5. The van der Waals surface area contributed by atoms with Gasteiger partial charge in [-0.25, -0.2) is 44.2 Å². The lowest BCUT2D eigenvalue weighted by Gasteiger charge is -2.41. The van der Waals surface area contributed by atoms with Gasteiger partial charge in [-0.3, -0.25) is 27.8 Å². The van der Waals surface area contributed by atoms with Crippen LogP contribution in [0.15, 0.2) is 86.0 Å². The number of carbonyl (C=O) groups excluding carboxylic acids is 2. The lowest BCUT2D eigenvalue weighted by molar-refractivity contribution is -0.0448. The molecule has 0 saturated carbocycles. The number of ether oxygens (including phenoxy) is 2. The van der Waals surface area contributed by atoms with E-state index in [2.05, 4.69) is 91.3 Å². The molecule has 10 atom stereocenters.